The predicted molar refractivity (Wildman–Crippen MR) is 145 cm³/mol. The predicted octanol–water partition coefficient (Wildman–Crippen LogP) is 7.50. The Balaban J connectivity index is 1.16. The highest BCUT2D eigenvalue weighted by Crippen LogP contribution is 2.50. The fraction of sp³-hybridized carbons (Fsp3) is 0.375. The molecule has 4 aliphatic carbocycles. The van der Waals surface area contributed by atoms with Crippen molar-refractivity contribution in [1.82, 2.24) is 19.6 Å². The summed E-state index contributed by atoms with van der Waals surface area (Å²) in [5.41, 5.74) is 10.7. The van der Waals surface area contributed by atoms with Gasteiger partial charge in [-0.05, 0) is 110 Å². The van der Waals surface area contributed by atoms with Crippen LogP contribution in [-0.4, -0.2) is 24.7 Å². The lowest BCUT2D eigenvalue weighted by Gasteiger charge is -2.19. The largest absolute Gasteiger partial charge is 0.507 e. The molecule has 2 heterocycles. The zero-order valence-corrected chi connectivity index (χ0v) is 21.1. The number of aromatic nitrogens is 4. The van der Waals surface area contributed by atoms with Crippen molar-refractivity contribution in [3.8, 4) is 22.5 Å². The topological polar surface area (TPSA) is 55.9 Å². The molecule has 0 aliphatic heterocycles. The molecule has 4 aromatic rings. The minimum absolute atomic E-state index is 0.472. The summed E-state index contributed by atoms with van der Waals surface area (Å²) < 4.78 is 4.27. The molecule has 1 N–H and O–H groups in total. The zero-order valence-electron chi connectivity index (χ0n) is 21.1. The van der Waals surface area contributed by atoms with Crippen LogP contribution in [0.4, 0.5) is 0 Å². The van der Waals surface area contributed by atoms with Gasteiger partial charge in [0.2, 0.25) is 0 Å². The highest BCUT2D eigenvalue weighted by atomic mass is 16.3. The minimum Gasteiger partial charge on any atom is -0.507 e. The molecule has 3 fully saturated rings. The fourth-order valence-corrected chi connectivity index (χ4v) is 6.50. The Hall–Kier alpha value is -3.60. The van der Waals surface area contributed by atoms with Gasteiger partial charge in [0, 0.05) is 11.8 Å². The van der Waals surface area contributed by atoms with Gasteiger partial charge in [0.1, 0.15) is 5.76 Å². The SMILES string of the molecule is OC(=C1CCC1)c1cnn(-c2cccc(-c3cccc(-n4ncc5c4C(C4CC4)CC5)c3)c2)c1C1CC1. The van der Waals surface area contributed by atoms with Gasteiger partial charge in [0.25, 0.3) is 0 Å². The third-order valence-corrected chi connectivity index (χ3v) is 8.99. The molecule has 2 aromatic carbocycles. The van der Waals surface area contributed by atoms with E-state index in [1.54, 1.807) is 0 Å². The van der Waals surface area contributed by atoms with Crippen LogP contribution in [0.2, 0.25) is 0 Å². The van der Waals surface area contributed by atoms with Gasteiger partial charge in [0.05, 0.1) is 40.7 Å². The van der Waals surface area contributed by atoms with Gasteiger partial charge in [-0.2, -0.15) is 10.2 Å². The molecule has 0 saturated heterocycles. The quantitative estimate of drug-likeness (QED) is 0.286. The van der Waals surface area contributed by atoms with Gasteiger partial charge in [-0.3, -0.25) is 0 Å². The molecule has 4 aliphatic rings. The number of nitrogens with zero attached hydrogens (tertiary/aromatic N) is 4. The van der Waals surface area contributed by atoms with E-state index in [2.05, 4.69) is 64.1 Å². The Morgan fingerprint density at radius 1 is 0.757 bits per heavy atom. The van der Waals surface area contributed by atoms with E-state index in [0.29, 0.717) is 17.6 Å². The van der Waals surface area contributed by atoms with Gasteiger partial charge in [-0.15, -0.1) is 0 Å². The number of aliphatic hydroxyl groups is 1. The van der Waals surface area contributed by atoms with Crippen molar-refractivity contribution in [2.75, 3.05) is 0 Å². The van der Waals surface area contributed by atoms with E-state index in [4.69, 9.17) is 10.2 Å². The molecule has 3 saturated carbocycles. The van der Waals surface area contributed by atoms with Crippen molar-refractivity contribution in [2.45, 2.75) is 69.6 Å². The third kappa shape index (κ3) is 3.58. The number of allylic oxidation sites excluding steroid dienone is 1. The number of aliphatic hydroxyl groups excluding tert-OH is 1. The third-order valence-electron chi connectivity index (χ3n) is 8.99. The highest BCUT2D eigenvalue weighted by molar-refractivity contribution is 5.70. The maximum Gasteiger partial charge on any atom is 0.125 e. The first-order valence-corrected chi connectivity index (χ1v) is 14.0. The Bertz CT molecular complexity index is 1540. The summed E-state index contributed by atoms with van der Waals surface area (Å²) >= 11 is 0. The maximum atomic E-state index is 11.0. The van der Waals surface area contributed by atoms with E-state index in [1.165, 1.54) is 78.6 Å². The van der Waals surface area contributed by atoms with E-state index in [9.17, 15) is 5.11 Å². The lowest BCUT2D eigenvalue weighted by atomic mass is 9.89. The minimum atomic E-state index is 0.472. The van der Waals surface area contributed by atoms with Gasteiger partial charge < -0.3 is 5.11 Å². The van der Waals surface area contributed by atoms with Crippen molar-refractivity contribution in [1.29, 1.82) is 0 Å². The second-order valence-electron chi connectivity index (χ2n) is 11.5. The lowest BCUT2D eigenvalue weighted by molar-refractivity contribution is 0.485. The summed E-state index contributed by atoms with van der Waals surface area (Å²) in [6.45, 7) is 0. The second-order valence-corrected chi connectivity index (χ2v) is 11.5. The van der Waals surface area contributed by atoms with Crippen molar-refractivity contribution < 1.29 is 5.11 Å². The van der Waals surface area contributed by atoms with Crippen molar-refractivity contribution in [2.24, 2.45) is 5.92 Å². The zero-order chi connectivity index (χ0) is 24.5. The molecule has 8 rings (SSSR count). The molecule has 0 bridgehead atoms. The van der Waals surface area contributed by atoms with Crippen molar-refractivity contribution in [3.05, 3.63) is 89.0 Å². The van der Waals surface area contributed by atoms with Gasteiger partial charge >= 0.3 is 0 Å². The second kappa shape index (κ2) is 8.20. The summed E-state index contributed by atoms with van der Waals surface area (Å²) in [7, 11) is 0. The van der Waals surface area contributed by atoms with Crippen LogP contribution < -0.4 is 0 Å². The normalized spacial score (nSPS) is 20.6. The molecule has 186 valence electrons. The van der Waals surface area contributed by atoms with Crippen LogP contribution in [-0.2, 0) is 6.42 Å². The van der Waals surface area contributed by atoms with E-state index in [1.807, 2.05) is 6.20 Å². The van der Waals surface area contributed by atoms with Gasteiger partial charge in [-0.25, -0.2) is 9.36 Å². The number of hydrogen-bond donors (Lipinski definition) is 1. The molecule has 0 amide bonds. The summed E-state index contributed by atoms with van der Waals surface area (Å²) in [5, 5.41) is 20.6. The van der Waals surface area contributed by atoms with Crippen LogP contribution in [0.1, 0.15) is 85.7 Å². The van der Waals surface area contributed by atoms with Crippen molar-refractivity contribution in [3.63, 3.8) is 0 Å². The molecular formula is C32H32N4O. The first-order valence-electron chi connectivity index (χ1n) is 14.0. The molecule has 37 heavy (non-hydrogen) atoms. The average molecular weight is 489 g/mol. The Morgan fingerprint density at radius 2 is 1.43 bits per heavy atom. The Labute approximate surface area is 217 Å². The van der Waals surface area contributed by atoms with E-state index < -0.39 is 0 Å². The van der Waals surface area contributed by atoms with Crippen molar-refractivity contribution >= 4 is 5.76 Å². The van der Waals surface area contributed by atoms with E-state index >= 15 is 0 Å². The average Bonchev–Trinajstić information content (AvgIpc) is 3.79. The summed E-state index contributed by atoms with van der Waals surface area (Å²) in [4.78, 5) is 0. The number of aryl methyl sites for hydroxylation is 1. The standard InChI is InChI=1S/C32H32N4O/c37-32(22-4-1-5-22)29-19-34-35(30(29)21-12-13-21)26-8-2-6-23(16-26)24-7-3-9-27(17-24)36-31-25(18-33-36)14-15-28(31)20-10-11-20/h2-3,6-9,16-21,28,37H,1,4-5,10-15H2. The molecule has 0 spiro atoms. The van der Waals surface area contributed by atoms with Crippen LogP contribution >= 0.6 is 0 Å². The van der Waals surface area contributed by atoms with E-state index in [-0.39, 0.29) is 0 Å². The summed E-state index contributed by atoms with van der Waals surface area (Å²) in [6, 6.07) is 17.5. The number of fused-ring (bicyclic) bond motifs is 1. The lowest BCUT2D eigenvalue weighted by Crippen LogP contribution is -2.07. The maximum absolute atomic E-state index is 11.0. The smallest absolute Gasteiger partial charge is 0.125 e. The van der Waals surface area contributed by atoms with E-state index in [0.717, 1.165) is 35.7 Å². The van der Waals surface area contributed by atoms with Crippen LogP contribution in [0, 0.1) is 5.92 Å². The molecule has 1 unspecified atom stereocenters. The Kier molecular flexibility index (Phi) is 4.76. The van der Waals surface area contributed by atoms with Gasteiger partial charge in [-0.1, -0.05) is 24.3 Å². The van der Waals surface area contributed by atoms with Crippen LogP contribution in [0.25, 0.3) is 28.3 Å². The first kappa shape index (κ1) is 21.5. The number of benzene rings is 2. The Morgan fingerprint density at radius 3 is 2.05 bits per heavy atom. The van der Waals surface area contributed by atoms with Crippen LogP contribution in [0.15, 0.2) is 66.5 Å². The molecule has 5 nitrogen and oxygen atoms in total. The molecule has 5 heteroatoms. The molecule has 0 radical (unpaired) electrons. The number of rotatable bonds is 6. The summed E-state index contributed by atoms with van der Waals surface area (Å²) in [5.74, 6) is 2.48. The molecular weight excluding hydrogens is 456 g/mol. The van der Waals surface area contributed by atoms with Crippen LogP contribution in [0.5, 0.6) is 0 Å². The van der Waals surface area contributed by atoms with Gasteiger partial charge in [0.15, 0.2) is 0 Å². The highest BCUT2D eigenvalue weighted by Gasteiger charge is 2.39. The fourth-order valence-electron chi connectivity index (χ4n) is 6.50. The monoisotopic (exact) mass is 488 g/mol. The molecule has 2 aromatic heterocycles. The first-order chi connectivity index (χ1) is 18.2. The summed E-state index contributed by atoms with van der Waals surface area (Å²) in [6.07, 6.45) is 14.7. The molecule has 1 atom stereocenters. The number of hydrogen-bond acceptors (Lipinski definition) is 3. The van der Waals surface area contributed by atoms with Crippen LogP contribution in [0.3, 0.4) is 0 Å².